The Labute approximate surface area is 110 Å². The van der Waals surface area contributed by atoms with Gasteiger partial charge in [-0.25, -0.2) is 4.39 Å². The van der Waals surface area contributed by atoms with Crippen LogP contribution in [0.3, 0.4) is 0 Å². The zero-order valence-electron chi connectivity index (χ0n) is 10.9. The summed E-state index contributed by atoms with van der Waals surface area (Å²) in [6.45, 7) is 3.73. The molecule has 0 radical (unpaired) electrons. The van der Waals surface area contributed by atoms with Crippen molar-refractivity contribution in [3.8, 4) is 0 Å². The van der Waals surface area contributed by atoms with Crippen LogP contribution in [0.1, 0.15) is 22.6 Å². The molecule has 0 aliphatic rings. The molecule has 0 fully saturated rings. The van der Waals surface area contributed by atoms with Gasteiger partial charge in [-0.15, -0.1) is 0 Å². The van der Waals surface area contributed by atoms with Crippen molar-refractivity contribution < 1.29 is 13.7 Å². The van der Waals surface area contributed by atoms with Crippen LogP contribution in [0.15, 0.2) is 28.8 Å². The summed E-state index contributed by atoms with van der Waals surface area (Å²) in [5.74, 6) is 0.135. The zero-order valence-corrected chi connectivity index (χ0v) is 10.9. The first-order chi connectivity index (χ1) is 9.08. The fraction of sp³-hybridized carbons (Fsp3) is 0.286. The fourth-order valence-corrected chi connectivity index (χ4v) is 1.81. The van der Waals surface area contributed by atoms with Crippen molar-refractivity contribution in [1.29, 1.82) is 0 Å². The Morgan fingerprint density at radius 2 is 2.11 bits per heavy atom. The van der Waals surface area contributed by atoms with Crippen molar-refractivity contribution in [2.75, 3.05) is 0 Å². The minimum Gasteiger partial charge on any atom is -0.361 e. The second-order valence-corrected chi connectivity index (χ2v) is 4.35. The summed E-state index contributed by atoms with van der Waals surface area (Å²) >= 11 is 0. The van der Waals surface area contributed by atoms with E-state index in [1.807, 2.05) is 0 Å². The van der Waals surface area contributed by atoms with Crippen molar-refractivity contribution >= 4 is 5.91 Å². The Morgan fingerprint density at radius 3 is 2.74 bits per heavy atom. The highest BCUT2D eigenvalue weighted by Gasteiger charge is 2.13. The van der Waals surface area contributed by atoms with Gasteiger partial charge in [-0.05, 0) is 19.9 Å². The maximum Gasteiger partial charge on any atom is 0.224 e. The van der Waals surface area contributed by atoms with Crippen molar-refractivity contribution in [3.63, 3.8) is 0 Å². The molecular weight excluding hydrogens is 247 g/mol. The third kappa shape index (κ3) is 3.19. The number of carbonyl (C=O) groups excluding carboxylic acids is 1. The molecule has 2 aromatic rings. The molecule has 5 heteroatoms. The van der Waals surface area contributed by atoms with E-state index in [-0.39, 0.29) is 24.7 Å². The first-order valence-corrected chi connectivity index (χ1v) is 5.99. The molecule has 1 amide bonds. The normalized spacial score (nSPS) is 10.5. The standard InChI is InChI=1S/C14H15FN2O2/c1-9-12(10(2)19-17-9)7-14(18)16-8-11-5-3-4-6-13(11)15/h3-6H,7-8H2,1-2H3,(H,16,18). The number of benzene rings is 1. The SMILES string of the molecule is Cc1noc(C)c1CC(=O)NCc1ccccc1F. The van der Waals surface area contributed by atoms with Gasteiger partial charge in [-0.3, -0.25) is 4.79 Å². The van der Waals surface area contributed by atoms with E-state index in [2.05, 4.69) is 10.5 Å². The van der Waals surface area contributed by atoms with Crippen LogP contribution in [0.5, 0.6) is 0 Å². The summed E-state index contributed by atoms with van der Waals surface area (Å²) in [7, 11) is 0. The summed E-state index contributed by atoms with van der Waals surface area (Å²) in [5.41, 5.74) is 1.96. The van der Waals surface area contributed by atoms with Gasteiger partial charge in [0.1, 0.15) is 11.6 Å². The van der Waals surface area contributed by atoms with E-state index in [1.54, 1.807) is 32.0 Å². The van der Waals surface area contributed by atoms with Gasteiger partial charge in [-0.2, -0.15) is 0 Å². The van der Waals surface area contributed by atoms with Crippen molar-refractivity contribution in [2.45, 2.75) is 26.8 Å². The number of aryl methyl sites for hydroxylation is 2. The lowest BCUT2D eigenvalue weighted by atomic mass is 10.1. The molecule has 0 saturated heterocycles. The van der Waals surface area contributed by atoms with Crippen molar-refractivity contribution in [3.05, 3.63) is 52.7 Å². The van der Waals surface area contributed by atoms with Crippen LogP contribution >= 0.6 is 0 Å². The lowest BCUT2D eigenvalue weighted by Gasteiger charge is -2.06. The predicted octanol–water partition coefficient (Wildman–Crippen LogP) is 2.29. The molecule has 0 saturated carbocycles. The Morgan fingerprint density at radius 1 is 1.37 bits per heavy atom. The third-order valence-corrected chi connectivity index (χ3v) is 2.95. The molecular formula is C14H15FN2O2. The summed E-state index contributed by atoms with van der Waals surface area (Å²) in [6.07, 6.45) is 0.190. The molecule has 0 aliphatic heterocycles. The summed E-state index contributed by atoms with van der Waals surface area (Å²) in [4.78, 5) is 11.8. The number of hydrogen-bond donors (Lipinski definition) is 1. The van der Waals surface area contributed by atoms with Crippen LogP contribution in [0.4, 0.5) is 4.39 Å². The van der Waals surface area contributed by atoms with Crippen LogP contribution in [0, 0.1) is 19.7 Å². The predicted molar refractivity (Wildman–Crippen MR) is 67.9 cm³/mol. The minimum absolute atomic E-state index is 0.175. The Bertz CT molecular complexity index is 573. The maximum absolute atomic E-state index is 13.4. The van der Waals surface area contributed by atoms with E-state index in [4.69, 9.17) is 4.52 Å². The first kappa shape index (κ1) is 13.3. The van der Waals surface area contributed by atoms with Crippen LogP contribution < -0.4 is 5.32 Å². The smallest absolute Gasteiger partial charge is 0.224 e. The van der Waals surface area contributed by atoms with Gasteiger partial charge in [0.2, 0.25) is 5.91 Å². The van der Waals surface area contributed by atoms with E-state index in [0.29, 0.717) is 17.0 Å². The number of aromatic nitrogens is 1. The highest BCUT2D eigenvalue weighted by Crippen LogP contribution is 2.13. The van der Waals surface area contributed by atoms with Crippen LogP contribution in [0.2, 0.25) is 0 Å². The molecule has 1 aromatic carbocycles. The van der Waals surface area contributed by atoms with E-state index in [0.717, 1.165) is 5.56 Å². The average Bonchev–Trinajstić information content (AvgIpc) is 2.70. The molecule has 100 valence electrons. The van der Waals surface area contributed by atoms with Gasteiger partial charge in [0.25, 0.3) is 0 Å². The molecule has 1 N–H and O–H groups in total. The zero-order chi connectivity index (χ0) is 13.8. The maximum atomic E-state index is 13.4. The Balaban J connectivity index is 1.94. The second-order valence-electron chi connectivity index (χ2n) is 4.35. The number of halogens is 1. The third-order valence-electron chi connectivity index (χ3n) is 2.95. The summed E-state index contributed by atoms with van der Waals surface area (Å²) in [6, 6.07) is 6.37. The highest BCUT2D eigenvalue weighted by molar-refractivity contribution is 5.78. The van der Waals surface area contributed by atoms with Crippen molar-refractivity contribution in [2.24, 2.45) is 0 Å². The van der Waals surface area contributed by atoms with Gasteiger partial charge in [0.15, 0.2) is 0 Å². The molecule has 0 unspecified atom stereocenters. The lowest BCUT2D eigenvalue weighted by Crippen LogP contribution is -2.25. The largest absolute Gasteiger partial charge is 0.361 e. The molecule has 0 spiro atoms. The van der Waals surface area contributed by atoms with Crippen LogP contribution in [0.25, 0.3) is 0 Å². The minimum atomic E-state index is -0.319. The average molecular weight is 262 g/mol. The molecule has 1 aromatic heterocycles. The van der Waals surface area contributed by atoms with Gasteiger partial charge in [0.05, 0.1) is 12.1 Å². The second kappa shape index (κ2) is 5.65. The van der Waals surface area contributed by atoms with Gasteiger partial charge < -0.3 is 9.84 Å². The van der Waals surface area contributed by atoms with E-state index < -0.39 is 0 Å². The molecule has 0 aliphatic carbocycles. The number of amides is 1. The van der Waals surface area contributed by atoms with E-state index >= 15 is 0 Å². The van der Waals surface area contributed by atoms with E-state index in [1.165, 1.54) is 6.07 Å². The Hall–Kier alpha value is -2.17. The number of nitrogens with one attached hydrogen (secondary N) is 1. The molecule has 19 heavy (non-hydrogen) atoms. The summed E-state index contributed by atoms with van der Waals surface area (Å²) < 4.78 is 18.4. The highest BCUT2D eigenvalue weighted by atomic mass is 19.1. The number of carbonyl (C=O) groups is 1. The number of hydrogen-bond acceptors (Lipinski definition) is 3. The molecule has 1 heterocycles. The van der Waals surface area contributed by atoms with E-state index in [9.17, 15) is 9.18 Å². The molecule has 4 nitrogen and oxygen atoms in total. The molecule has 0 bridgehead atoms. The fourth-order valence-electron chi connectivity index (χ4n) is 1.81. The molecule has 0 atom stereocenters. The Kier molecular flexibility index (Phi) is 3.94. The topological polar surface area (TPSA) is 55.1 Å². The first-order valence-electron chi connectivity index (χ1n) is 5.99. The van der Waals surface area contributed by atoms with Crippen molar-refractivity contribution in [1.82, 2.24) is 10.5 Å². The van der Waals surface area contributed by atoms with Crippen LogP contribution in [-0.2, 0) is 17.8 Å². The van der Waals surface area contributed by atoms with Gasteiger partial charge in [-0.1, -0.05) is 23.4 Å². The quantitative estimate of drug-likeness (QED) is 0.919. The number of rotatable bonds is 4. The lowest BCUT2D eigenvalue weighted by molar-refractivity contribution is -0.120. The molecule has 2 rings (SSSR count). The summed E-state index contributed by atoms with van der Waals surface area (Å²) in [5, 5.41) is 6.47. The van der Waals surface area contributed by atoms with Gasteiger partial charge in [0, 0.05) is 17.7 Å². The monoisotopic (exact) mass is 262 g/mol. The van der Waals surface area contributed by atoms with Crippen LogP contribution in [-0.4, -0.2) is 11.1 Å². The van der Waals surface area contributed by atoms with Gasteiger partial charge >= 0.3 is 0 Å². The number of nitrogens with zero attached hydrogens (tertiary/aromatic N) is 1.